The molecule has 0 bridgehead atoms. The van der Waals surface area contributed by atoms with Gasteiger partial charge in [0.1, 0.15) is 23.6 Å². The van der Waals surface area contributed by atoms with Crippen LogP contribution in [-0.4, -0.2) is 59.3 Å². The van der Waals surface area contributed by atoms with Gasteiger partial charge in [0, 0.05) is 6.42 Å². The Labute approximate surface area is 116 Å². The van der Waals surface area contributed by atoms with E-state index in [1.165, 1.54) is 4.57 Å². The minimum Gasteiger partial charge on any atom is -0.394 e. The third-order valence-corrected chi connectivity index (χ3v) is 4.09. The molecular weight excluding hydrogens is 282 g/mol. The molecule has 0 unspecified atom stereocenters. The molecule has 4 heterocycles. The molecule has 2 aromatic rings. The van der Waals surface area contributed by atoms with Crippen LogP contribution in [0, 0.1) is 0 Å². The van der Waals surface area contributed by atoms with Crippen molar-refractivity contribution in [1.82, 2.24) is 19.5 Å². The lowest BCUT2D eigenvalue weighted by molar-refractivity contribution is -0.0874. The Morgan fingerprint density at radius 2 is 2.29 bits per heavy atom. The maximum absolute atomic E-state index is 11.8. The molecule has 10 nitrogen and oxygen atoms in total. The minimum atomic E-state index is -1.61. The standard InChI is InChI=1S/C11H13N5O5/c12-10-14-7-5(8(19)15-10)13-4-1-11(20)6(18)3(2-17)21-9(11)16(4)7/h3,6,9,17-18,20H,1-2H2,(H3,12,14,15,19)/t3-,6-,9-,11-/m1/s1. The zero-order valence-electron chi connectivity index (χ0n) is 10.7. The largest absolute Gasteiger partial charge is 0.394 e. The number of nitrogens with two attached hydrogens (primary N) is 1. The molecule has 0 amide bonds. The lowest BCUT2D eigenvalue weighted by Gasteiger charge is -2.24. The van der Waals surface area contributed by atoms with Crippen LogP contribution in [0.2, 0.25) is 0 Å². The molecule has 1 fully saturated rings. The van der Waals surface area contributed by atoms with Gasteiger partial charge in [-0.3, -0.25) is 14.3 Å². The normalized spacial score (nSPS) is 34.3. The zero-order chi connectivity index (χ0) is 14.9. The van der Waals surface area contributed by atoms with E-state index in [0.29, 0.717) is 5.82 Å². The quantitative estimate of drug-likeness (QED) is 0.378. The van der Waals surface area contributed by atoms with Crippen molar-refractivity contribution in [2.24, 2.45) is 0 Å². The summed E-state index contributed by atoms with van der Waals surface area (Å²) in [6, 6.07) is 0. The van der Waals surface area contributed by atoms with Crippen molar-refractivity contribution < 1.29 is 20.1 Å². The first kappa shape index (κ1) is 12.7. The molecule has 112 valence electrons. The molecule has 6 N–H and O–H groups in total. The first-order valence-electron chi connectivity index (χ1n) is 6.39. The molecule has 0 radical (unpaired) electrons. The predicted octanol–water partition coefficient (Wildman–Crippen LogP) is -2.76. The van der Waals surface area contributed by atoms with E-state index in [1.807, 2.05) is 0 Å². The number of nitrogens with one attached hydrogen (secondary N) is 1. The maximum atomic E-state index is 11.8. The Morgan fingerprint density at radius 1 is 1.52 bits per heavy atom. The topological polar surface area (TPSA) is 160 Å². The molecule has 0 aliphatic carbocycles. The Morgan fingerprint density at radius 3 is 3.00 bits per heavy atom. The number of aromatic amines is 1. The first-order valence-corrected chi connectivity index (χ1v) is 6.39. The van der Waals surface area contributed by atoms with Gasteiger partial charge in [-0.25, -0.2) is 4.98 Å². The molecule has 2 aliphatic heterocycles. The average molecular weight is 295 g/mol. The number of hydrogen-bond donors (Lipinski definition) is 5. The Bertz CT molecular complexity index is 800. The smallest absolute Gasteiger partial charge is 0.280 e. The zero-order valence-corrected chi connectivity index (χ0v) is 10.7. The average Bonchev–Trinajstić information content (AvgIpc) is 2.97. The lowest BCUT2D eigenvalue weighted by atomic mass is 9.93. The van der Waals surface area contributed by atoms with Gasteiger partial charge in [0.25, 0.3) is 5.56 Å². The molecule has 0 spiro atoms. The summed E-state index contributed by atoms with van der Waals surface area (Å²) in [6.45, 7) is -0.432. The van der Waals surface area contributed by atoms with Gasteiger partial charge in [-0.15, -0.1) is 0 Å². The fourth-order valence-corrected chi connectivity index (χ4v) is 3.12. The second-order valence-corrected chi connectivity index (χ2v) is 5.34. The number of nitrogen functional groups attached to an aromatic ring is 1. The van der Waals surface area contributed by atoms with Crippen LogP contribution in [0.1, 0.15) is 12.1 Å². The third kappa shape index (κ3) is 1.42. The summed E-state index contributed by atoms with van der Waals surface area (Å²) in [6.07, 6.45) is -3.16. The summed E-state index contributed by atoms with van der Waals surface area (Å²) in [4.78, 5) is 22.3. The third-order valence-electron chi connectivity index (χ3n) is 4.09. The van der Waals surface area contributed by atoms with Crippen LogP contribution >= 0.6 is 0 Å². The number of H-pyrrole nitrogens is 1. The van der Waals surface area contributed by atoms with Crippen LogP contribution in [0.5, 0.6) is 0 Å². The molecule has 21 heavy (non-hydrogen) atoms. The van der Waals surface area contributed by atoms with Crippen molar-refractivity contribution in [2.75, 3.05) is 12.3 Å². The van der Waals surface area contributed by atoms with E-state index in [2.05, 4.69) is 15.0 Å². The second kappa shape index (κ2) is 3.80. The predicted molar refractivity (Wildman–Crippen MR) is 68.2 cm³/mol. The second-order valence-electron chi connectivity index (χ2n) is 5.34. The van der Waals surface area contributed by atoms with Gasteiger partial charge in [0.2, 0.25) is 5.95 Å². The number of fused-ring (bicyclic) bond motifs is 5. The molecule has 2 aromatic heterocycles. The summed E-state index contributed by atoms with van der Waals surface area (Å²) < 4.78 is 6.95. The summed E-state index contributed by atoms with van der Waals surface area (Å²) in [5.41, 5.74) is 3.70. The highest BCUT2D eigenvalue weighted by atomic mass is 16.6. The lowest BCUT2D eigenvalue weighted by Crippen LogP contribution is -2.45. The summed E-state index contributed by atoms with van der Waals surface area (Å²) in [5.74, 6) is 0.291. The minimum absolute atomic E-state index is 0.00889. The van der Waals surface area contributed by atoms with E-state index < -0.39 is 36.2 Å². The van der Waals surface area contributed by atoms with Crippen molar-refractivity contribution in [3.63, 3.8) is 0 Å². The molecule has 10 heteroatoms. The van der Waals surface area contributed by atoms with Gasteiger partial charge >= 0.3 is 0 Å². The van der Waals surface area contributed by atoms with Crippen LogP contribution in [0.4, 0.5) is 5.95 Å². The van der Waals surface area contributed by atoms with E-state index in [1.54, 1.807) is 0 Å². The van der Waals surface area contributed by atoms with Crippen molar-refractivity contribution in [2.45, 2.75) is 30.5 Å². The fourth-order valence-electron chi connectivity index (χ4n) is 3.12. The number of aromatic nitrogens is 4. The van der Waals surface area contributed by atoms with Crippen molar-refractivity contribution in [1.29, 1.82) is 0 Å². The van der Waals surface area contributed by atoms with Gasteiger partial charge in [-0.05, 0) is 0 Å². The highest BCUT2D eigenvalue weighted by Gasteiger charge is 2.61. The SMILES string of the molecule is Nc1nc2c(nc3n2[C@@H]2O[C@H](CO)[C@@H](O)[C@]2(O)C3)c(=O)[nH]1. The number of imidazole rings is 1. The number of rotatable bonds is 1. The molecule has 0 saturated carbocycles. The summed E-state index contributed by atoms with van der Waals surface area (Å²) in [7, 11) is 0. The Hall–Kier alpha value is -2.01. The van der Waals surface area contributed by atoms with E-state index in [9.17, 15) is 20.1 Å². The maximum Gasteiger partial charge on any atom is 0.280 e. The Kier molecular flexibility index (Phi) is 2.30. The number of ether oxygens (including phenoxy) is 1. The van der Waals surface area contributed by atoms with Crippen LogP contribution in [-0.2, 0) is 11.2 Å². The molecule has 1 saturated heterocycles. The van der Waals surface area contributed by atoms with Gasteiger partial charge in [-0.2, -0.15) is 4.98 Å². The van der Waals surface area contributed by atoms with Crippen molar-refractivity contribution >= 4 is 17.1 Å². The highest BCUT2D eigenvalue weighted by Crippen LogP contribution is 2.46. The molecular formula is C11H13N5O5. The van der Waals surface area contributed by atoms with E-state index in [0.717, 1.165) is 0 Å². The molecule has 4 atom stereocenters. The van der Waals surface area contributed by atoms with Gasteiger partial charge in [-0.1, -0.05) is 0 Å². The highest BCUT2D eigenvalue weighted by molar-refractivity contribution is 5.72. The van der Waals surface area contributed by atoms with E-state index >= 15 is 0 Å². The number of nitrogens with zero attached hydrogens (tertiary/aromatic N) is 3. The fraction of sp³-hybridized carbons (Fsp3) is 0.545. The van der Waals surface area contributed by atoms with Crippen LogP contribution < -0.4 is 11.3 Å². The van der Waals surface area contributed by atoms with E-state index in [4.69, 9.17) is 10.5 Å². The van der Waals surface area contributed by atoms with Crippen LogP contribution in [0.15, 0.2) is 4.79 Å². The summed E-state index contributed by atoms with van der Waals surface area (Å²) in [5, 5.41) is 29.9. The molecule has 0 aromatic carbocycles. The number of aliphatic hydroxyl groups excluding tert-OH is 2. The number of hydrogen-bond acceptors (Lipinski definition) is 8. The van der Waals surface area contributed by atoms with Crippen LogP contribution in [0.3, 0.4) is 0 Å². The van der Waals surface area contributed by atoms with Gasteiger partial charge < -0.3 is 25.8 Å². The number of aliphatic hydroxyl groups is 3. The van der Waals surface area contributed by atoms with Crippen LogP contribution in [0.25, 0.3) is 11.2 Å². The Balaban J connectivity index is 1.95. The van der Waals surface area contributed by atoms with Gasteiger partial charge in [0.05, 0.1) is 6.61 Å². The summed E-state index contributed by atoms with van der Waals surface area (Å²) >= 11 is 0. The van der Waals surface area contributed by atoms with Gasteiger partial charge in [0.15, 0.2) is 17.4 Å². The molecule has 2 aliphatic rings. The van der Waals surface area contributed by atoms with Crippen molar-refractivity contribution in [3.05, 3.63) is 16.2 Å². The number of anilines is 1. The monoisotopic (exact) mass is 295 g/mol. The molecule has 4 rings (SSSR count). The first-order chi connectivity index (χ1) is 9.95. The van der Waals surface area contributed by atoms with E-state index in [-0.39, 0.29) is 23.5 Å². The van der Waals surface area contributed by atoms with Crippen molar-refractivity contribution in [3.8, 4) is 0 Å².